The van der Waals surface area contributed by atoms with E-state index in [9.17, 15) is 22.8 Å². The number of rotatable bonds is 4. The Hall–Kier alpha value is -3.64. The summed E-state index contributed by atoms with van der Waals surface area (Å²) < 4.78 is 46.4. The van der Waals surface area contributed by atoms with E-state index in [1.54, 1.807) is 32.9 Å². The zero-order valence-electron chi connectivity index (χ0n) is 18.1. The van der Waals surface area contributed by atoms with Gasteiger partial charge >= 0.3 is 12.3 Å². The lowest BCUT2D eigenvalue weighted by Crippen LogP contribution is -2.38. The van der Waals surface area contributed by atoms with Crippen molar-refractivity contribution in [1.82, 2.24) is 29.3 Å². The number of likely N-dealkylation sites (N-methyl/N-ethyl adjacent to an activating group) is 1. The van der Waals surface area contributed by atoms with Crippen LogP contribution in [0.5, 0.6) is 0 Å². The van der Waals surface area contributed by atoms with Crippen LogP contribution in [0.15, 0.2) is 24.4 Å². The number of nitrogens with zero attached hydrogens (tertiary/aromatic N) is 6. The van der Waals surface area contributed by atoms with Gasteiger partial charge in [-0.25, -0.2) is 9.31 Å². The van der Waals surface area contributed by atoms with Crippen molar-refractivity contribution in [1.29, 1.82) is 0 Å². The predicted molar refractivity (Wildman–Crippen MR) is 108 cm³/mol. The lowest BCUT2D eigenvalue weighted by Gasteiger charge is -2.24. The maximum absolute atomic E-state index is 12.9. The summed E-state index contributed by atoms with van der Waals surface area (Å²) in [6.45, 7) is 4.85. The molecule has 172 valence electrons. The van der Waals surface area contributed by atoms with Gasteiger partial charge in [0, 0.05) is 25.9 Å². The largest absolute Gasteiger partial charge is 0.444 e. The molecule has 0 fully saturated rings. The van der Waals surface area contributed by atoms with Crippen molar-refractivity contribution < 1.29 is 27.5 Å². The van der Waals surface area contributed by atoms with Gasteiger partial charge in [-0.3, -0.25) is 14.8 Å². The van der Waals surface area contributed by atoms with Crippen molar-refractivity contribution in [2.75, 3.05) is 18.9 Å². The highest BCUT2D eigenvalue weighted by Crippen LogP contribution is 2.31. The molecule has 0 saturated carbocycles. The molecule has 3 heterocycles. The Morgan fingerprint density at radius 3 is 2.47 bits per heavy atom. The summed E-state index contributed by atoms with van der Waals surface area (Å²) in [5, 5.41) is 10.1. The highest BCUT2D eigenvalue weighted by atomic mass is 19.4. The van der Waals surface area contributed by atoms with Crippen LogP contribution in [0.2, 0.25) is 0 Å². The molecule has 13 heteroatoms. The number of carbonyl (C=O) groups excluding carboxylic acids is 2. The van der Waals surface area contributed by atoms with Crippen LogP contribution in [-0.4, -0.2) is 60.5 Å². The second-order valence-electron chi connectivity index (χ2n) is 8.08. The van der Waals surface area contributed by atoms with Crippen molar-refractivity contribution >= 4 is 23.6 Å². The topological polar surface area (TPSA) is 107 Å². The van der Waals surface area contributed by atoms with Gasteiger partial charge in [0.2, 0.25) is 11.9 Å². The Morgan fingerprint density at radius 1 is 1.19 bits per heavy atom. The number of carbonyl (C=O) groups is 2. The molecular formula is C19H22F3N7O3. The smallest absolute Gasteiger partial charge is 0.435 e. The van der Waals surface area contributed by atoms with Gasteiger partial charge in [-0.1, -0.05) is 0 Å². The van der Waals surface area contributed by atoms with E-state index in [-0.39, 0.29) is 18.2 Å². The van der Waals surface area contributed by atoms with Crippen molar-refractivity contribution in [3.8, 4) is 11.3 Å². The number of nitrogens with one attached hydrogen (secondary N) is 1. The van der Waals surface area contributed by atoms with Crippen molar-refractivity contribution in [3.63, 3.8) is 0 Å². The lowest BCUT2D eigenvalue weighted by molar-refractivity contribution is -0.141. The SMILES string of the molecule is CN(CC(=O)Nc1nc2ccc(-c3cc(C(F)(F)F)nn3C)cn2n1)C(=O)OC(C)(C)C. The van der Waals surface area contributed by atoms with E-state index in [1.807, 2.05) is 0 Å². The molecule has 32 heavy (non-hydrogen) atoms. The third kappa shape index (κ3) is 5.34. The molecule has 2 amide bonds. The molecule has 3 rings (SSSR count). The van der Waals surface area contributed by atoms with Gasteiger partial charge in [0.1, 0.15) is 12.1 Å². The summed E-state index contributed by atoms with van der Waals surface area (Å²) in [6, 6.07) is 4.06. The summed E-state index contributed by atoms with van der Waals surface area (Å²) in [6.07, 6.45) is -3.74. The standard InChI is InChI=1S/C19H22F3N7O3/c1-18(2,3)32-17(31)27(4)10-15(30)24-16-23-14-7-6-11(9-29(14)26-16)12-8-13(19(20,21)22)25-28(12)5/h6-9H,10H2,1-5H3,(H,24,26,30). The minimum atomic E-state index is -4.56. The number of fused-ring (bicyclic) bond motifs is 1. The summed E-state index contributed by atoms with van der Waals surface area (Å²) >= 11 is 0. The molecule has 0 spiro atoms. The Balaban J connectivity index is 1.73. The van der Waals surface area contributed by atoms with E-state index in [0.717, 1.165) is 15.6 Å². The molecule has 0 unspecified atom stereocenters. The van der Waals surface area contributed by atoms with E-state index in [4.69, 9.17) is 4.74 Å². The first kappa shape index (κ1) is 23.0. The molecule has 1 N–H and O–H groups in total. The molecular weight excluding hydrogens is 431 g/mol. The monoisotopic (exact) mass is 453 g/mol. The summed E-state index contributed by atoms with van der Waals surface area (Å²) in [5.41, 5.74) is -0.675. The Labute approximate surface area is 181 Å². The van der Waals surface area contributed by atoms with E-state index < -0.39 is 29.5 Å². The number of hydrogen-bond acceptors (Lipinski definition) is 6. The molecule has 0 aromatic carbocycles. The van der Waals surface area contributed by atoms with Crippen molar-refractivity contribution in [2.45, 2.75) is 32.5 Å². The van der Waals surface area contributed by atoms with Gasteiger partial charge in [-0.15, -0.1) is 5.10 Å². The number of aromatic nitrogens is 5. The number of anilines is 1. The predicted octanol–water partition coefficient (Wildman–Crippen LogP) is 2.95. The average Bonchev–Trinajstić information content (AvgIpc) is 3.21. The van der Waals surface area contributed by atoms with Crippen LogP contribution in [0.25, 0.3) is 16.9 Å². The van der Waals surface area contributed by atoms with Crippen molar-refractivity contribution in [2.24, 2.45) is 7.05 Å². The number of alkyl halides is 3. The normalized spacial score (nSPS) is 12.1. The van der Waals surface area contributed by atoms with Crippen LogP contribution in [0, 0.1) is 0 Å². The first-order valence-corrected chi connectivity index (χ1v) is 9.45. The minimum absolute atomic E-state index is 0.0225. The number of ether oxygens (including phenoxy) is 1. The molecule has 0 bridgehead atoms. The quantitative estimate of drug-likeness (QED) is 0.651. The summed E-state index contributed by atoms with van der Waals surface area (Å²) in [5.74, 6) is -0.568. The number of amides is 2. The molecule has 0 radical (unpaired) electrons. The van der Waals surface area contributed by atoms with E-state index in [2.05, 4.69) is 20.5 Å². The van der Waals surface area contributed by atoms with Gasteiger partial charge in [0.25, 0.3) is 0 Å². The van der Waals surface area contributed by atoms with Gasteiger partial charge in [0.15, 0.2) is 11.3 Å². The van der Waals surface area contributed by atoms with Crippen LogP contribution in [-0.2, 0) is 22.8 Å². The maximum atomic E-state index is 12.9. The third-order valence-corrected chi connectivity index (χ3v) is 4.13. The first-order chi connectivity index (χ1) is 14.7. The fraction of sp³-hybridized carbons (Fsp3) is 0.421. The Morgan fingerprint density at radius 2 is 1.88 bits per heavy atom. The molecule has 3 aromatic rings. The molecule has 0 aliphatic heterocycles. The molecule has 0 aliphatic carbocycles. The van der Waals surface area contributed by atoms with Crippen LogP contribution < -0.4 is 5.32 Å². The molecule has 10 nitrogen and oxygen atoms in total. The lowest BCUT2D eigenvalue weighted by atomic mass is 10.2. The van der Waals surface area contributed by atoms with E-state index in [0.29, 0.717) is 11.2 Å². The maximum Gasteiger partial charge on any atom is 0.435 e. The number of halogens is 3. The van der Waals surface area contributed by atoms with Gasteiger partial charge < -0.3 is 9.64 Å². The average molecular weight is 453 g/mol. The molecule has 0 atom stereocenters. The minimum Gasteiger partial charge on any atom is -0.444 e. The Bertz CT molecular complexity index is 1160. The zero-order chi connectivity index (χ0) is 23.8. The first-order valence-electron chi connectivity index (χ1n) is 9.45. The number of hydrogen-bond donors (Lipinski definition) is 1. The molecule has 3 aromatic heterocycles. The van der Waals surface area contributed by atoms with E-state index in [1.165, 1.54) is 24.8 Å². The van der Waals surface area contributed by atoms with Crippen LogP contribution >= 0.6 is 0 Å². The van der Waals surface area contributed by atoms with Gasteiger partial charge in [-0.2, -0.15) is 23.3 Å². The van der Waals surface area contributed by atoms with Crippen LogP contribution in [0.4, 0.5) is 23.9 Å². The fourth-order valence-electron chi connectivity index (χ4n) is 2.75. The second kappa shape index (κ2) is 8.13. The van der Waals surface area contributed by atoms with Crippen LogP contribution in [0.1, 0.15) is 26.5 Å². The molecule has 0 saturated heterocycles. The van der Waals surface area contributed by atoms with E-state index >= 15 is 0 Å². The zero-order valence-corrected chi connectivity index (χ0v) is 18.1. The highest BCUT2D eigenvalue weighted by molar-refractivity contribution is 5.92. The van der Waals surface area contributed by atoms with Crippen molar-refractivity contribution in [3.05, 3.63) is 30.1 Å². The highest BCUT2D eigenvalue weighted by Gasteiger charge is 2.34. The fourth-order valence-corrected chi connectivity index (χ4v) is 2.75. The summed E-state index contributed by atoms with van der Waals surface area (Å²) in [7, 11) is 2.82. The van der Waals surface area contributed by atoms with Gasteiger partial charge in [-0.05, 0) is 39.0 Å². The third-order valence-electron chi connectivity index (χ3n) is 4.13. The number of pyridine rings is 1. The summed E-state index contributed by atoms with van der Waals surface area (Å²) in [4.78, 5) is 29.4. The van der Waals surface area contributed by atoms with Gasteiger partial charge in [0.05, 0.1) is 5.69 Å². The molecule has 0 aliphatic rings. The number of aryl methyl sites for hydroxylation is 1. The Kier molecular flexibility index (Phi) is 5.85. The van der Waals surface area contributed by atoms with Crippen LogP contribution in [0.3, 0.4) is 0 Å². The second-order valence-corrected chi connectivity index (χ2v) is 8.08.